The summed E-state index contributed by atoms with van der Waals surface area (Å²) in [7, 11) is 0. The maximum absolute atomic E-state index is 12.0. The van der Waals surface area contributed by atoms with Gasteiger partial charge in [-0.1, -0.05) is 30.8 Å². The molecule has 0 aliphatic carbocycles. The summed E-state index contributed by atoms with van der Waals surface area (Å²) in [5.74, 6) is 0.699. The van der Waals surface area contributed by atoms with Crippen molar-refractivity contribution in [3.05, 3.63) is 23.2 Å². The highest BCUT2D eigenvalue weighted by atomic mass is 32.2. The van der Waals surface area contributed by atoms with Gasteiger partial charge in [-0.25, -0.2) is 4.98 Å². The Balaban J connectivity index is 1.85. The van der Waals surface area contributed by atoms with Crippen LogP contribution in [0.1, 0.15) is 19.0 Å². The van der Waals surface area contributed by atoms with Crippen LogP contribution in [0.15, 0.2) is 21.9 Å². The monoisotopic (exact) mass is 268 g/mol. The summed E-state index contributed by atoms with van der Waals surface area (Å²) in [6.45, 7) is 4.84. The van der Waals surface area contributed by atoms with Crippen LogP contribution in [0.4, 0.5) is 0 Å². The highest BCUT2D eigenvalue weighted by molar-refractivity contribution is 8.01. The average molecular weight is 268 g/mol. The fourth-order valence-corrected chi connectivity index (χ4v) is 3.55. The molecule has 0 radical (unpaired) electrons. The second-order valence-electron chi connectivity index (χ2n) is 3.99. The third-order valence-corrected chi connectivity index (χ3v) is 4.84. The average Bonchev–Trinajstić information content (AvgIpc) is 2.94. The Hall–Kier alpha value is -0.810. The summed E-state index contributed by atoms with van der Waals surface area (Å²) >= 11 is 3.14. The molecule has 0 fully saturated rings. The Morgan fingerprint density at radius 2 is 2.53 bits per heavy atom. The molecule has 2 heterocycles. The van der Waals surface area contributed by atoms with Crippen molar-refractivity contribution in [2.45, 2.75) is 30.6 Å². The van der Waals surface area contributed by atoms with E-state index in [9.17, 15) is 4.79 Å². The van der Waals surface area contributed by atoms with Gasteiger partial charge in [0.25, 0.3) is 0 Å². The molecule has 1 aliphatic rings. The van der Waals surface area contributed by atoms with Crippen molar-refractivity contribution in [2.24, 2.45) is 0 Å². The predicted octanol–water partition coefficient (Wildman–Crippen LogP) is 2.72. The van der Waals surface area contributed by atoms with Crippen LogP contribution in [0.25, 0.3) is 0 Å². The third-order valence-electron chi connectivity index (χ3n) is 2.72. The second-order valence-corrected chi connectivity index (χ2v) is 6.07. The molecule has 0 bridgehead atoms. The Bertz CT molecular complexity index is 428. The molecule has 0 N–H and O–H groups in total. The van der Waals surface area contributed by atoms with Gasteiger partial charge in [-0.2, -0.15) is 0 Å². The molecule has 1 aliphatic heterocycles. The molecule has 0 aromatic carbocycles. The number of rotatable bonds is 4. The molecule has 1 atom stereocenters. The van der Waals surface area contributed by atoms with E-state index in [-0.39, 0.29) is 5.91 Å². The number of aromatic nitrogens is 1. The number of thiazole rings is 1. The lowest BCUT2D eigenvalue weighted by atomic mass is 10.2. The van der Waals surface area contributed by atoms with Crippen LogP contribution in [-0.2, 0) is 4.79 Å². The summed E-state index contributed by atoms with van der Waals surface area (Å²) in [5, 5.41) is 2.01. The van der Waals surface area contributed by atoms with Crippen molar-refractivity contribution < 1.29 is 4.79 Å². The molecular formula is C12H16N2OS2. The molecule has 0 saturated carbocycles. The van der Waals surface area contributed by atoms with Crippen molar-refractivity contribution in [3.63, 3.8) is 0 Å². The molecule has 1 amide bonds. The predicted molar refractivity (Wildman–Crippen MR) is 72.5 cm³/mol. The number of carbonyl (C=O) groups excluding carboxylic acids is 1. The van der Waals surface area contributed by atoms with E-state index in [0.717, 1.165) is 23.0 Å². The number of hydrogen-bond donors (Lipinski definition) is 0. The Kier molecular flexibility index (Phi) is 4.23. The number of hydrogen-bond acceptors (Lipinski definition) is 4. The SMILES string of the molecule is CCC1C=CCN1C(=O)CSc1nc(C)cs1. The van der Waals surface area contributed by atoms with Gasteiger partial charge in [0.05, 0.1) is 11.8 Å². The summed E-state index contributed by atoms with van der Waals surface area (Å²) in [6.07, 6.45) is 5.18. The lowest BCUT2D eigenvalue weighted by molar-refractivity contribution is -0.128. The van der Waals surface area contributed by atoms with Crippen LogP contribution in [0.5, 0.6) is 0 Å². The Labute approximate surface area is 110 Å². The van der Waals surface area contributed by atoms with E-state index in [1.807, 2.05) is 17.2 Å². The maximum atomic E-state index is 12.0. The van der Waals surface area contributed by atoms with Gasteiger partial charge in [0.2, 0.25) is 5.91 Å². The summed E-state index contributed by atoms with van der Waals surface area (Å²) < 4.78 is 0.982. The van der Waals surface area contributed by atoms with Gasteiger partial charge in [-0.05, 0) is 13.3 Å². The summed E-state index contributed by atoms with van der Waals surface area (Å²) in [4.78, 5) is 18.3. The quantitative estimate of drug-likeness (QED) is 0.622. The number of carbonyl (C=O) groups is 1. The van der Waals surface area contributed by atoms with E-state index in [0.29, 0.717) is 11.8 Å². The summed E-state index contributed by atoms with van der Waals surface area (Å²) in [5.41, 5.74) is 1.03. The molecule has 0 spiro atoms. The second kappa shape index (κ2) is 5.69. The normalized spacial score (nSPS) is 18.9. The summed E-state index contributed by atoms with van der Waals surface area (Å²) in [6, 6.07) is 0.293. The Morgan fingerprint density at radius 3 is 3.18 bits per heavy atom. The van der Waals surface area contributed by atoms with Crippen molar-refractivity contribution in [3.8, 4) is 0 Å². The fourth-order valence-electron chi connectivity index (χ4n) is 1.82. The van der Waals surface area contributed by atoms with Gasteiger partial charge in [-0.15, -0.1) is 11.3 Å². The molecule has 5 heteroatoms. The van der Waals surface area contributed by atoms with Gasteiger partial charge in [0, 0.05) is 17.6 Å². The van der Waals surface area contributed by atoms with E-state index in [1.165, 1.54) is 11.8 Å². The van der Waals surface area contributed by atoms with Crippen LogP contribution < -0.4 is 0 Å². The fraction of sp³-hybridized carbons (Fsp3) is 0.500. The van der Waals surface area contributed by atoms with Gasteiger partial charge < -0.3 is 4.90 Å². The van der Waals surface area contributed by atoms with E-state index >= 15 is 0 Å². The number of amides is 1. The van der Waals surface area contributed by atoms with Crippen molar-refractivity contribution in [1.82, 2.24) is 9.88 Å². The number of nitrogens with zero attached hydrogens (tertiary/aromatic N) is 2. The van der Waals surface area contributed by atoms with Gasteiger partial charge in [0.1, 0.15) is 0 Å². The minimum atomic E-state index is 0.208. The van der Waals surface area contributed by atoms with Crippen LogP contribution in [-0.4, -0.2) is 34.1 Å². The molecule has 2 rings (SSSR count). The highest BCUT2D eigenvalue weighted by Gasteiger charge is 2.23. The zero-order valence-electron chi connectivity index (χ0n) is 10.0. The van der Waals surface area contributed by atoms with Crippen molar-refractivity contribution >= 4 is 29.0 Å². The highest BCUT2D eigenvalue weighted by Crippen LogP contribution is 2.23. The zero-order valence-corrected chi connectivity index (χ0v) is 11.7. The van der Waals surface area contributed by atoms with Crippen molar-refractivity contribution in [1.29, 1.82) is 0 Å². The van der Waals surface area contributed by atoms with Gasteiger partial charge in [0.15, 0.2) is 4.34 Å². The first-order valence-electron chi connectivity index (χ1n) is 5.71. The van der Waals surface area contributed by atoms with Crippen LogP contribution >= 0.6 is 23.1 Å². The Morgan fingerprint density at radius 1 is 1.71 bits per heavy atom. The van der Waals surface area contributed by atoms with Crippen molar-refractivity contribution in [2.75, 3.05) is 12.3 Å². The van der Waals surface area contributed by atoms with E-state index < -0.39 is 0 Å². The number of aryl methyl sites for hydroxylation is 1. The first kappa shape index (κ1) is 12.6. The van der Waals surface area contributed by atoms with E-state index in [4.69, 9.17) is 0 Å². The number of thioether (sulfide) groups is 1. The van der Waals surface area contributed by atoms with Crippen LogP contribution in [0.3, 0.4) is 0 Å². The zero-order chi connectivity index (χ0) is 12.3. The maximum Gasteiger partial charge on any atom is 0.233 e. The van der Waals surface area contributed by atoms with E-state index in [2.05, 4.69) is 24.1 Å². The molecule has 3 nitrogen and oxygen atoms in total. The molecule has 1 aromatic rings. The lowest BCUT2D eigenvalue weighted by Gasteiger charge is -2.23. The largest absolute Gasteiger partial charge is 0.332 e. The first-order chi connectivity index (χ1) is 8.20. The molecule has 17 heavy (non-hydrogen) atoms. The molecule has 92 valence electrons. The molecule has 1 unspecified atom stereocenters. The van der Waals surface area contributed by atoms with Gasteiger partial charge >= 0.3 is 0 Å². The minimum Gasteiger partial charge on any atom is -0.332 e. The molecule has 1 aromatic heterocycles. The van der Waals surface area contributed by atoms with Crippen LogP contribution in [0, 0.1) is 6.92 Å². The minimum absolute atomic E-state index is 0.208. The van der Waals surface area contributed by atoms with Gasteiger partial charge in [-0.3, -0.25) is 4.79 Å². The topological polar surface area (TPSA) is 33.2 Å². The first-order valence-corrected chi connectivity index (χ1v) is 7.58. The molecular weight excluding hydrogens is 252 g/mol. The smallest absolute Gasteiger partial charge is 0.233 e. The third kappa shape index (κ3) is 3.10. The van der Waals surface area contributed by atoms with E-state index in [1.54, 1.807) is 11.3 Å². The standard InChI is InChI=1S/C12H16N2OS2/c1-3-10-5-4-6-14(10)11(15)8-17-12-13-9(2)7-16-12/h4-5,7,10H,3,6,8H2,1-2H3. The molecule has 0 saturated heterocycles. The van der Waals surface area contributed by atoms with Crippen LogP contribution in [0.2, 0.25) is 0 Å². The lowest BCUT2D eigenvalue weighted by Crippen LogP contribution is -2.36.